The van der Waals surface area contributed by atoms with Crippen molar-refractivity contribution in [1.29, 1.82) is 0 Å². The molecule has 0 atom stereocenters. The zero-order valence-corrected chi connectivity index (χ0v) is 15.8. The third-order valence-corrected chi connectivity index (χ3v) is 7.36. The Morgan fingerprint density at radius 3 is 2.54 bits per heavy atom. The van der Waals surface area contributed by atoms with Gasteiger partial charge in [0.05, 0.1) is 15.5 Å². The molecule has 0 spiro atoms. The predicted octanol–water partition coefficient (Wildman–Crippen LogP) is 3.97. The molecule has 1 aromatic heterocycles. The van der Waals surface area contributed by atoms with Gasteiger partial charge in [0.15, 0.2) is 9.84 Å². The van der Waals surface area contributed by atoms with Crippen LogP contribution in [0.25, 0.3) is 10.4 Å². The van der Waals surface area contributed by atoms with E-state index >= 15 is 0 Å². The molecule has 2 aromatic carbocycles. The topological polar surface area (TPSA) is 54.5 Å². The standard InChI is InChI=1S/C20H17NO3S2/c1-21(12-14-7-3-2-4-8-14)20(22)17-11-15-13-26(23,24)18-10-6-5-9-16(18)19(15)25-17/h2-11H,12-13H2,1H3. The quantitative estimate of drug-likeness (QED) is 0.688. The number of fused-ring (bicyclic) bond motifs is 3. The Labute approximate surface area is 156 Å². The Balaban J connectivity index is 1.67. The third kappa shape index (κ3) is 2.95. The van der Waals surface area contributed by atoms with E-state index in [1.54, 1.807) is 30.1 Å². The molecule has 4 nitrogen and oxygen atoms in total. The summed E-state index contributed by atoms with van der Waals surface area (Å²) >= 11 is 1.37. The first kappa shape index (κ1) is 17.0. The number of carbonyl (C=O) groups is 1. The molecule has 6 heteroatoms. The fourth-order valence-corrected chi connectivity index (χ4v) is 6.15. The van der Waals surface area contributed by atoms with Crippen LogP contribution in [0, 0.1) is 0 Å². The summed E-state index contributed by atoms with van der Waals surface area (Å²) in [7, 11) is -1.59. The number of sulfone groups is 1. The van der Waals surface area contributed by atoms with Crippen molar-refractivity contribution in [2.24, 2.45) is 0 Å². The average Bonchev–Trinajstić information content (AvgIpc) is 3.05. The van der Waals surface area contributed by atoms with Crippen LogP contribution in [0.4, 0.5) is 0 Å². The SMILES string of the molecule is CN(Cc1ccccc1)C(=O)c1cc2c(s1)-c1ccccc1S(=O)(=O)C2. The predicted molar refractivity (Wildman–Crippen MR) is 103 cm³/mol. The number of benzene rings is 2. The highest BCUT2D eigenvalue weighted by atomic mass is 32.2. The second-order valence-corrected chi connectivity index (χ2v) is 9.38. The Morgan fingerprint density at radius 1 is 1.08 bits per heavy atom. The Morgan fingerprint density at radius 2 is 1.77 bits per heavy atom. The first-order valence-electron chi connectivity index (χ1n) is 8.20. The molecular formula is C20H17NO3S2. The van der Waals surface area contributed by atoms with E-state index in [-0.39, 0.29) is 11.7 Å². The molecule has 4 rings (SSSR count). The van der Waals surface area contributed by atoms with Crippen molar-refractivity contribution in [3.05, 3.63) is 76.7 Å². The highest BCUT2D eigenvalue weighted by molar-refractivity contribution is 7.91. The van der Waals surface area contributed by atoms with Crippen molar-refractivity contribution in [2.45, 2.75) is 17.2 Å². The molecular weight excluding hydrogens is 366 g/mol. The summed E-state index contributed by atoms with van der Waals surface area (Å²) in [4.78, 5) is 16.3. The first-order valence-corrected chi connectivity index (χ1v) is 10.7. The zero-order valence-electron chi connectivity index (χ0n) is 14.2. The van der Waals surface area contributed by atoms with Crippen molar-refractivity contribution in [3.63, 3.8) is 0 Å². The molecule has 0 unspecified atom stereocenters. The van der Waals surface area contributed by atoms with Gasteiger partial charge in [-0.3, -0.25) is 4.79 Å². The van der Waals surface area contributed by atoms with Gasteiger partial charge in [-0.2, -0.15) is 0 Å². The van der Waals surface area contributed by atoms with E-state index in [1.807, 2.05) is 42.5 Å². The van der Waals surface area contributed by atoms with Crippen LogP contribution in [0.5, 0.6) is 0 Å². The number of nitrogens with zero attached hydrogens (tertiary/aromatic N) is 1. The number of hydrogen-bond donors (Lipinski definition) is 0. The molecule has 0 bridgehead atoms. The van der Waals surface area contributed by atoms with Gasteiger partial charge in [0.1, 0.15) is 0 Å². The maximum atomic E-state index is 12.8. The lowest BCUT2D eigenvalue weighted by Gasteiger charge is -2.16. The van der Waals surface area contributed by atoms with Gasteiger partial charge >= 0.3 is 0 Å². The summed E-state index contributed by atoms with van der Waals surface area (Å²) in [6.07, 6.45) is 0. The van der Waals surface area contributed by atoms with E-state index in [2.05, 4.69) is 0 Å². The van der Waals surface area contributed by atoms with Crippen LogP contribution in [0.1, 0.15) is 20.8 Å². The molecule has 1 amide bonds. The lowest BCUT2D eigenvalue weighted by molar-refractivity contribution is 0.0790. The van der Waals surface area contributed by atoms with E-state index < -0.39 is 9.84 Å². The Bertz CT molecular complexity index is 1090. The van der Waals surface area contributed by atoms with Gasteiger partial charge in [-0.1, -0.05) is 48.5 Å². The van der Waals surface area contributed by atoms with Crippen LogP contribution in [0.3, 0.4) is 0 Å². The van der Waals surface area contributed by atoms with Crippen molar-refractivity contribution in [1.82, 2.24) is 4.90 Å². The minimum Gasteiger partial charge on any atom is -0.337 e. The third-order valence-electron chi connectivity index (χ3n) is 4.44. The lowest BCUT2D eigenvalue weighted by atomic mass is 10.1. The second-order valence-electron chi connectivity index (χ2n) is 6.37. The zero-order chi connectivity index (χ0) is 18.3. The largest absolute Gasteiger partial charge is 0.337 e. The second kappa shape index (κ2) is 6.37. The number of thiophene rings is 1. The summed E-state index contributed by atoms with van der Waals surface area (Å²) in [6, 6.07) is 18.5. The summed E-state index contributed by atoms with van der Waals surface area (Å²) in [5.41, 5.74) is 2.46. The first-order chi connectivity index (χ1) is 12.5. The van der Waals surface area contributed by atoms with Crippen LogP contribution in [0.2, 0.25) is 0 Å². The maximum absolute atomic E-state index is 12.8. The molecule has 1 aliphatic rings. The molecule has 0 saturated carbocycles. The van der Waals surface area contributed by atoms with Crippen LogP contribution >= 0.6 is 11.3 Å². The van der Waals surface area contributed by atoms with Crippen LogP contribution in [-0.2, 0) is 22.1 Å². The molecule has 0 N–H and O–H groups in total. The maximum Gasteiger partial charge on any atom is 0.263 e. The summed E-state index contributed by atoms with van der Waals surface area (Å²) in [6.45, 7) is 0.511. The number of hydrogen-bond acceptors (Lipinski definition) is 4. The van der Waals surface area contributed by atoms with Crippen LogP contribution in [-0.4, -0.2) is 26.3 Å². The highest BCUT2D eigenvalue weighted by Gasteiger charge is 2.31. The van der Waals surface area contributed by atoms with Crippen molar-refractivity contribution >= 4 is 27.1 Å². The highest BCUT2D eigenvalue weighted by Crippen LogP contribution is 2.42. The van der Waals surface area contributed by atoms with Crippen molar-refractivity contribution in [3.8, 4) is 10.4 Å². The van der Waals surface area contributed by atoms with Crippen LogP contribution in [0.15, 0.2) is 65.6 Å². The van der Waals surface area contributed by atoms with E-state index in [4.69, 9.17) is 0 Å². The minimum atomic E-state index is -3.35. The molecule has 1 aliphatic heterocycles. The summed E-state index contributed by atoms with van der Waals surface area (Å²) in [5.74, 6) is -0.144. The number of rotatable bonds is 3. The van der Waals surface area contributed by atoms with E-state index in [1.165, 1.54) is 11.3 Å². The molecule has 132 valence electrons. The molecule has 26 heavy (non-hydrogen) atoms. The molecule has 0 aliphatic carbocycles. The molecule has 0 saturated heterocycles. The average molecular weight is 383 g/mol. The van der Waals surface area contributed by atoms with E-state index in [0.717, 1.165) is 10.4 Å². The van der Waals surface area contributed by atoms with Crippen LogP contribution < -0.4 is 0 Å². The monoisotopic (exact) mass is 383 g/mol. The Kier molecular flexibility index (Phi) is 4.17. The fourth-order valence-electron chi connectivity index (χ4n) is 3.19. The van der Waals surface area contributed by atoms with Gasteiger partial charge in [-0.25, -0.2) is 8.42 Å². The molecule has 2 heterocycles. The smallest absolute Gasteiger partial charge is 0.263 e. The van der Waals surface area contributed by atoms with Gasteiger partial charge < -0.3 is 4.90 Å². The molecule has 3 aromatic rings. The number of amides is 1. The van der Waals surface area contributed by atoms with Gasteiger partial charge in [0, 0.05) is 24.0 Å². The summed E-state index contributed by atoms with van der Waals surface area (Å²) in [5, 5.41) is 0. The van der Waals surface area contributed by atoms with Gasteiger partial charge in [-0.15, -0.1) is 11.3 Å². The van der Waals surface area contributed by atoms with Gasteiger partial charge in [0.2, 0.25) is 0 Å². The summed E-state index contributed by atoms with van der Waals surface area (Å²) < 4.78 is 25.0. The normalized spacial score (nSPS) is 14.3. The number of carbonyl (C=O) groups excluding carboxylic acids is 1. The minimum absolute atomic E-state index is 0.0501. The lowest BCUT2D eigenvalue weighted by Crippen LogP contribution is -2.25. The Hall–Kier alpha value is -2.44. The molecule has 0 fully saturated rings. The molecule has 0 radical (unpaired) electrons. The fraction of sp³-hybridized carbons (Fsp3) is 0.150. The van der Waals surface area contributed by atoms with E-state index in [9.17, 15) is 13.2 Å². The van der Waals surface area contributed by atoms with E-state index in [0.29, 0.717) is 27.4 Å². The van der Waals surface area contributed by atoms with Crippen molar-refractivity contribution < 1.29 is 13.2 Å². The van der Waals surface area contributed by atoms with Gasteiger partial charge in [0.25, 0.3) is 5.91 Å². The van der Waals surface area contributed by atoms with Gasteiger partial charge in [-0.05, 0) is 23.3 Å². The van der Waals surface area contributed by atoms with Crippen molar-refractivity contribution in [2.75, 3.05) is 7.05 Å².